The Hall–Kier alpha value is -2.44. The van der Waals surface area contributed by atoms with Crippen LogP contribution in [0, 0.1) is 0 Å². The molecule has 0 aliphatic heterocycles. The number of amides is 1. The molecule has 0 aliphatic carbocycles. The summed E-state index contributed by atoms with van der Waals surface area (Å²) in [4.78, 5) is 15.6. The largest absolute Gasteiger partial charge is 0.445 e. The van der Waals surface area contributed by atoms with E-state index in [4.69, 9.17) is 4.74 Å². The highest BCUT2D eigenvalue weighted by molar-refractivity contribution is 5.67. The Labute approximate surface area is 128 Å². The van der Waals surface area contributed by atoms with Gasteiger partial charge in [-0.15, -0.1) is 0 Å². The monoisotopic (exact) mass is 302 g/mol. The van der Waals surface area contributed by atoms with Crippen molar-refractivity contribution in [2.75, 3.05) is 6.61 Å². The van der Waals surface area contributed by atoms with E-state index in [0.29, 0.717) is 5.56 Å². The molecule has 3 N–H and O–H groups in total. The summed E-state index contributed by atoms with van der Waals surface area (Å²) >= 11 is 0. The molecule has 0 saturated heterocycles. The number of carbonyl (C=O) groups is 1. The van der Waals surface area contributed by atoms with Crippen LogP contribution >= 0.6 is 0 Å². The molecule has 0 aliphatic rings. The summed E-state index contributed by atoms with van der Waals surface area (Å²) in [5, 5.41) is 22.0. The van der Waals surface area contributed by atoms with Gasteiger partial charge in [0.2, 0.25) is 0 Å². The number of rotatable bonds is 6. The molecule has 2 atom stereocenters. The Morgan fingerprint density at radius 3 is 2.50 bits per heavy atom. The highest BCUT2D eigenvalue weighted by Crippen LogP contribution is 2.15. The standard InChI is InChI=1S/C16H18N2O4/c19-10-14(15(20)13-6-8-17-9-7-13)18-16(21)22-11-12-4-2-1-3-5-12/h1-9,14-15,19-20H,10-11H2,(H,18,21). The molecule has 116 valence electrons. The fourth-order valence-electron chi connectivity index (χ4n) is 1.93. The number of hydrogen-bond donors (Lipinski definition) is 3. The zero-order valence-electron chi connectivity index (χ0n) is 11.9. The highest BCUT2D eigenvalue weighted by Gasteiger charge is 2.22. The lowest BCUT2D eigenvalue weighted by atomic mass is 10.0. The first-order valence-electron chi connectivity index (χ1n) is 6.86. The molecular formula is C16H18N2O4. The minimum atomic E-state index is -1.04. The zero-order chi connectivity index (χ0) is 15.8. The molecule has 2 rings (SSSR count). The molecule has 6 heteroatoms. The van der Waals surface area contributed by atoms with Crippen molar-refractivity contribution in [1.82, 2.24) is 10.3 Å². The van der Waals surface area contributed by atoms with Gasteiger partial charge in [-0.25, -0.2) is 4.79 Å². The minimum Gasteiger partial charge on any atom is -0.445 e. The van der Waals surface area contributed by atoms with Crippen LogP contribution in [0.2, 0.25) is 0 Å². The van der Waals surface area contributed by atoms with Crippen LogP contribution in [0.25, 0.3) is 0 Å². The van der Waals surface area contributed by atoms with Crippen molar-refractivity contribution in [2.45, 2.75) is 18.8 Å². The van der Waals surface area contributed by atoms with Gasteiger partial charge in [-0.3, -0.25) is 4.98 Å². The van der Waals surface area contributed by atoms with Crippen LogP contribution in [0.4, 0.5) is 4.79 Å². The molecule has 0 fully saturated rings. The average Bonchev–Trinajstić information content (AvgIpc) is 2.59. The van der Waals surface area contributed by atoms with Gasteiger partial charge in [-0.05, 0) is 23.3 Å². The van der Waals surface area contributed by atoms with E-state index in [1.807, 2.05) is 30.3 Å². The molecular weight excluding hydrogens is 284 g/mol. The summed E-state index contributed by atoms with van der Waals surface area (Å²) in [6.07, 6.45) is 1.31. The number of hydrogen-bond acceptors (Lipinski definition) is 5. The van der Waals surface area contributed by atoms with Gasteiger partial charge in [0, 0.05) is 12.4 Å². The van der Waals surface area contributed by atoms with Crippen molar-refractivity contribution in [3.05, 3.63) is 66.0 Å². The molecule has 0 spiro atoms. The summed E-state index contributed by atoms with van der Waals surface area (Å²) in [6, 6.07) is 11.6. The molecule has 1 heterocycles. The quantitative estimate of drug-likeness (QED) is 0.750. The molecule has 1 amide bonds. The summed E-state index contributed by atoms with van der Waals surface area (Å²) in [5.41, 5.74) is 1.41. The summed E-state index contributed by atoms with van der Waals surface area (Å²) < 4.78 is 5.06. The number of benzene rings is 1. The number of nitrogens with zero attached hydrogens (tertiary/aromatic N) is 1. The smallest absolute Gasteiger partial charge is 0.407 e. The Morgan fingerprint density at radius 1 is 1.18 bits per heavy atom. The third kappa shape index (κ3) is 4.54. The lowest BCUT2D eigenvalue weighted by Gasteiger charge is -2.22. The molecule has 0 saturated carbocycles. The van der Waals surface area contributed by atoms with Crippen LogP contribution in [-0.4, -0.2) is 33.9 Å². The van der Waals surface area contributed by atoms with E-state index >= 15 is 0 Å². The van der Waals surface area contributed by atoms with Crippen molar-refractivity contribution in [2.24, 2.45) is 0 Å². The Balaban J connectivity index is 1.88. The highest BCUT2D eigenvalue weighted by atomic mass is 16.5. The minimum absolute atomic E-state index is 0.121. The second-order valence-corrected chi connectivity index (χ2v) is 4.72. The molecule has 1 aromatic carbocycles. The van der Waals surface area contributed by atoms with Crippen molar-refractivity contribution in [1.29, 1.82) is 0 Å². The van der Waals surface area contributed by atoms with Crippen LogP contribution in [0.5, 0.6) is 0 Å². The third-order valence-corrected chi connectivity index (χ3v) is 3.14. The number of ether oxygens (including phenoxy) is 1. The summed E-state index contributed by atoms with van der Waals surface area (Å²) in [5.74, 6) is 0. The van der Waals surface area contributed by atoms with Gasteiger partial charge < -0.3 is 20.3 Å². The lowest BCUT2D eigenvalue weighted by Crippen LogP contribution is -2.42. The van der Waals surface area contributed by atoms with Crippen molar-refractivity contribution < 1.29 is 19.7 Å². The van der Waals surface area contributed by atoms with Gasteiger partial charge in [0.1, 0.15) is 12.7 Å². The van der Waals surface area contributed by atoms with Crippen molar-refractivity contribution in [3.8, 4) is 0 Å². The predicted octanol–water partition coefficient (Wildman–Crippen LogP) is 1.40. The maximum atomic E-state index is 11.8. The molecule has 2 aromatic rings. The number of alkyl carbamates (subject to hydrolysis) is 1. The second-order valence-electron chi connectivity index (χ2n) is 4.72. The van der Waals surface area contributed by atoms with Crippen LogP contribution in [-0.2, 0) is 11.3 Å². The van der Waals surface area contributed by atoms with E-state index in [1.54, 1.807) is 12.1 Å². The van der Waals surface area contributed by atoms with Crippen molar-refractivity contribution in [3.63, 3.8) is 0 Å². The molecule has 22 heavy (non-hydrogen) atoms. The molecule has 1 aromatic heterocycles. The van der Waals surface area contributed by atoms with Crippen LogP contribution in [0.3, 0.4) is 0 Å². The zero-order valence-corrected chi connectivity index (χ0v) is 11.9. The van der Waals surface area contributed by atoms with E-state index in [-0.39, 0.29) is 6.61 Å². The third-order valence-electron chi connectivity index (χ3n) is 3.14. The van der Waals surface area contributed by atoms with E-state index in [1.165, 1.54) is 12.4 Å². The van der Waals surface area contributed by atoms with E-state index in [9.17, 15) is 15.0 Å². The second kappa shape index (κ2) is 8.11. The number of aliphatic hydroxyl groups is 2. The van der Waals surface area contributed by atoms with Gasteiger partial charge in [-0.1, -0.05) is 30.3 Å². The van der Waals surface area contributed by atoms with Crippen LogP contribution in [0.1, 0.15) is 17.2 Å². The fraction of sp³-hybridized carbons (Fsp3) is 0.250. The summed E-state index contributed by atoms with van der Waals surface area (Å²) in [7, 11) is 0. The topological polar surface area (TPSA) is 91.7 Å². The SMILES string of the molecule is O=C(NC(CO)C(O)c1ccncc1)OCc1ccccc1. The molecule has 0 radical (unpaired) electrons. The maximum absolute atomic E-state index is 11.8. The Kier molecular flexibility index (Phi) is 5.88. The van der Waals surface area contributed by atoms with Gasteiger partial charge in [-0.2, -0.15) is 0 Å². The molecule has 2 unspecified atom stereocenters. The fourth-order valence-corrected chi connectivity index (χ4v) is 1.93. The number of nitrogens with one attached hydrogen (secondary N) is 1. The first-order valence-corrected chi connectivity index (χ1v) is 6.86. The van der Waals surface area contributed by atoms with E-state index < -0.39 is 24.8 Å². The predicted molar refractivity (Wildman–Crippen MR) is 79.8 cm³/mol. The number of aliphatic hydroxyl groups excluding tert-OH is 2. The van der Waals surface area contributed by atoms with Crippen LogP contribution < -0.4 is 5.32 Å². The van der Waals surface area contributed by atoms with Gasteiger partial charge in [0.15, 0.2) is 0 Å². The van der Waals surface area contributed by atoms with E-state index in [0.717, 1.165) is 5.56 Å². The Morgan fingerprint density at radius 2 is 1.86 bits per heavy atom. The van der Waals surface area contributed by atoms with Crippen molar-refractivity contribution >= 4 is 6.09 Å². The normalized spacial score (nSPS) is 13.2. The number of aromatic nitrogens is 1. The lowest BCUT2D eigenvalue weighted by molar-refractivity contribution is 0.0763. The average molecular weight is 302 g/mol. The van der Waals surface area contributed by atoms with E-state index in [2.05, 4.69) is 10.3 Å². The van der Waals surface area contributed by atoms with Gasteiger partial charge in [0.05, 0.1) is 12.6 Å². The Bertz CT molecular complexity index is 577. The maximum Gasteiger partial charge on any atom is 0.407 e. The van der Waals surface area contributed by atoms with Gasteiger partial charge in [0.25, 0.3) is 0 Å². The molecule has 0 bridgehead atoms. The first kappa shape index (κ1) is 15.9. The van der Waals surface area contributed by atoms with Crippen LogP contribution in [0.15, 0.2) is 54.9 Å². The molecule has 6 nitrogen and oxygen atoms in total. The summed E-state index contributed by atoms with van der Waals surface area (Å²) in [6.45, 7) is -0.292. The number of carbonyl (C=O) groups excluding carboxylic acids is 1. The number of pyridine rings is 1. The first-order chi connectivity index (χ1) is 10.7. The van der Waals surface area contributed by atoms with Gasteiger partial charge >= 0.3 is 6.09 Å².